The molecule has 1 aliphatic rings. The van der Waals surface area contributed by atoms with Gasteiger partial charge in [-0.25, -0.2) is 0 Å². The van der Waals surface area contributed by atoms with Gasteiger partial charge in [0, 0.05) is 23.8 Å². The predicted octanol–water partition coefficient (Wildman–Crippen LogP) is 2.53. The topological polar surface area (TPSA) is 57.1 Å². The van der Waals surface area contributed by atoms with Gasteiger partial charge in [-0.05, 0) is 44.9 Å². The minimum Gasteiger partial charge on any atom is -0.479 e. The van der Waals surface area contributed by atoms with Gasteiger partial charge in [-0.15, -0.1) is 0 Å². The van der Waals surface area contributed by atoms with E-state index in [4.69, 9.17) is 10.00 Å². The summed E-state index contributed by atoms with van der Waals surface area (Å²) in [6.45, 7) is 3.43. The molecule has 2 unspecified atom stereocenters. The summed E-state index contributed by atoms with van der Waals surface area (Å²) < 4.78 is 5.30. The Bertz CT molecular complexity index is 435. The lowest BCUT2D eigenvalue weighted by atomic mass is 10.1. The van der Waals surface area contributed by atoms with Gasteiger partial charge in [0.15, 0.2) is 6.61 Å². The van der Waals surface area contributed by atoms with Crippen molar-refractivity contribution in [1.29, 1.82) is 5.26 Å². The van der Waals surface area contributed by atoms with E-state index >= 15 is 0 Å². The van der Waals surface area contributed by atoms with Crippen molar-refractivity contribution in [2.75, 3.05) is 18.5 Å². The van der Waals surface area contributed by atoms with Crippen LogP contribution in [0.5, 0.6) is 5.75 Å². The Morgan fingerprint density at radius 2 is 2.47 bits per heavy atom. The third kappa shape index (κ3) is 4.46. The molecule has 0 radical (unpaired) electrons. The summed E-state index contributed by atoms with van der Waals surface area (Å²) in [6.07, 6.45) is 3.69. The van der Waals surface area contributed by atoms with E-state index in [9.17, 15) is 0 Å². The smallest absolute Gasteiger partial charge is 0.174 e. The Morgan fingerprint density at radius 3 is 3.21 bits per heavy atom. The maximum absolute atomic E-state index is 8.50. The standard InChI is InChI=1S/C15H21N3O/c1-12(10-13-5-3-8-17-13)18-14-4-2-6-15(11-14)19-9-7-16/h2,4,6,11-13,17-18H,3,5,8-10H2,1H3. The van der Waals surface area contributed by atoms with Crippen LogP contribution in [0.1, 0.15) is 26.2 Å². The summed E-state index contributed by atoms with van der Waals surface area (Å²) in [7, 11) is 0. The van der Waals surface area contributed by atoms with Crippen molar-refractivity contribution in [2.45, 2.75) is 38.3 Å². The average Bonchev–Trinajstić information content (AvgIpc) is 2.89. The second-order valence-corrected chi connectivity index (χ2v) is 5.05. The van der Waals surface area contributed by atoms with Crippen LogP contribution in [0.2, 0.25) is 0 Å². The molecule has 2 rings (SSSR count). The zero-order valence-corrected chi connectivity index (χ0v) is 11.4. The predicted molar refractivity (Wildman–Crippen MR) is 76.3 cm³/mol. The number of nitrogens with one attached hydrogen (secondary N) is 2. The summed E-state index contributed by atoms with van der Waals surface area (Å²) in [4.78, 5) is 0. The number of nitrogens with zero attached hydrogens (tertiary/aromatic N) is 1. The Morgan fingerprint density at radius 1 is 1.58 bits per heavy atom. The number of hydrogen-bond acceptors (Lipinski definition) is 4. The minimum atomic E-state index is 0.0883. The lowest BCUT2D eigenvalue weighted by Gasteiger charge is -2.19. The van der Waals surface area contributed by atoms with E-state index in [0.717, 1.165) is 24.4 Å². The Hall–Kier alpha value is -1.73. The van der Waals surface area contributed by atoms with Crippen LogP contribution in [0.3, 0.4) is 0 Å². The number of benzene rings is 1. The molecule has 0 spiro atoms. The largest absolute Gasteiger partial charge is 0.479 e. The van der Waals surface area contributed by atoms with Gasteiger partial charge >= 0.3 is 0 Å². The van der Waals surface area contributed by atoms with Crippen molar-refractivity contribution in [2.24, 2.45) is 0 Å². The Labute approximate surface area is 114 Å². The van der Waals surface area contributed by atoms with Crippen LogP contribution >= 0.6 is 0 Å². The molecule has 102 valence electrons. The van der Waals surface area contributed by atoms with Crippen molar-refractivity contribution >= 4 is 5.69 Å². The van der Waals surface area contributed by atoms with Gasteiger partial charge in [0.25, 0.3) is 0 Å². The number of hydrogen-bond donors (Lipinski definition) is 2. The molecule has 0 bridgehead atoms. The number of rotatable bonds is 6. The quantitative estimate of drug-likeness (QED) is 0.824. The molecule has 1 aromatic rings. The molecule has 0 amide bonds. The molecule has 19 heavy (non-hydrogen) atoms. The van der Waals surface area contributed by atoms with Gasteiger partial charge in [-0.3, -0.25) is 0 Å². The Balaban J connectivity index is 1.85. The maximum Gasteiger partial charge on any atom is 0.174 e. The van der Waals surface area contributed by atoms with Crippen molar-refractivity contribution in [3.8, 4) is 11.8 Å². The van der Waals surface area contributed by atoms with Crippen molar-refractivity contribution in [3.63, 3.8) is 0 Å². The normalized spacial score (nSPS) is 19.7. The summed E-state index contributed by atoms with van der Waals surface area (Å²) in [5, 5.41) is 15.5. The van der Waals surface area contributed by atoms with Gasteiger partial charge < -0.3 is 15.4 Å². The molecule has 2 atom stereocenters. The molecule has 1 aliphatic heterocycles. The van der Waals surface area contributed by atoms with Gasteiger partial charge in [0.1, 0.15) is 11.8 Å². The first kappa shape index (κ1) is 13.7. The first-order valence-electron chi connectivity index (χ1n) is 6.87. The molecule has 0 saturated carbocycles. The Kier molecular flexibility index (Phi) is 5.05. The van der Waals surface area contributed by atoms with E-state index in [1.807, 2.05) is 30.3 Å². The van der Waals surface area contributed by atoms with E-state index in [2.05, 4.69) is 17.6 Å². The van der Waals surface area contributed by atoms with Gasteiger partial charge in [-0.1, -0.05) is 6.07 Å². The maximum atomic E-state index is 8.50. The fourth-order valence-corrected chi connectivity index (χ4v) is 2.52. The average molecular weight is 259 g/mol. The first-order valence-corrected chi connectivity index (χ1v) is 6.87. The zero-order valence-electron chi connectivity index (χ0n) is 11.4. The van der Waals surface area contributed by atoms with Crippen LogP contribution in [-0.2, 0) is 0 Å². The molecule has 2 N–H and O–H groups in total. The second kappa shape index (κ2) is 7.01. The molecule has 1 fully saturated rings. The van der Waals surface area contributed by atoms with Crippen LogP contribution < -0.4 is 15.4 Å². The molecule has 1 aromatic carbocycles. The number of anilines is 1. The molecule has 1 heterocycles. The van der Waals surface area contributed by atoms with Crippen LogP contribution in [0.4, 0.5) is 5.69 Å². The minimum absolute atomic E-state index is 0.0883. The van der Waals surface area contributed by atoms with Crippen LogP contribution in [0.15, 0.2) is 24.3 Å². The van der Waals surface area contributed by atoms with Crippen LogP contribution in [0.25, 0.3) is 0 Å². The summed E-state index contributed by atoms with van der Waals surface area (Å²) in [5.74, 6) is 0.734. The van der Waals surface area contributed by atoms with Gasteiger partial charge in [0.2, 0.25) is 0 Å². The van der Waals surface area contributed by atoms with E-state index in [-0.39, 0.29) is 6.61 Å². The van der Waals surface area contributed by atoms with Crippen molar-refractivity contribution in [3.05, 3.63) is 24.3 Å². The summed E-state index contributed by atoms with van der Waals surface area (Å²) >= 11 is 0. The monoisotopic (exact) mass is 259 g/mol. The highest BCUT2D eigenvalue weighted by atomic mass is 16.5. The highest BCUT2D eigenvalue weighted by molar-refractivity contribution is 5.48. The van der Waals surface area contributed by atoms with E-state index in [1.54, 1.807) is 0 Å². The molecule has 0 aliphatic carbocycles. The molecular formula is C15H21N3O. The lowest BCUT2D eigenvalue weighted by Crippen LogP contribution is -2.29. The second-order valence-electron chi connectivity index (χ2n) is 5.05. The third-order valence-corrected chi connectivity index (χ3v) is 3.35. The van der Waals surface area contributed by atoms with Crippen LogP contribution in [0, 0.1) is 11.3 Å². The number of nitriles is 1. The molecule has 0 aromatic heterocycles. The highest BCUT2D eigenvalue weighted by Crippen LogP contribution is 2.19. The molecule has 4 nitrogen and oxygen atoms in total. The van der Waals surface area contributed by atoms with Crippen molar-refractivity contribution in [1.82, 2.24) is 5.32 Å². The summed E-state index contributed by atoms with van der Waals surface area (Å²) in [6, 6.07) is 10.8. The van der Waals surface area contributed by atoms with Crippen molar-refractivity contribution < 1.29 is 4.74 Å². The fraction of sp³-hybridized carbons (Fsp3) is 0.533. The van der Waals surface area contributed by atoms with E-state index in [0.29, 0.717) is 12.1 Å². The first-order chi connectivity index (χ1) is 9.28. The molecule has 1 saturated heterocycles. The third-order valence-electron chi connectivity index (χ3n) is 3.35. The SMILES string of the molecule is CC(CC1CCCN1)Nc1cccc(OCC#N)c1. The van der Waals surface area contributed by atoms with Crippen LogP contribution in [-0.4, -0.2) is 25.2 Å². The fourth-order valence-electron chi connectivity index (χ4n) is 2.52. The summed E-state index contributed by atoms with van der Waals surface area (Å²) in [5.41, 5.74) is 1.04. The van der Waals surface area contributed by atoms with E-state index in [1.165, 1.54) is 12.8 Å². The van der Waals surface area contributed by atoms with E-state index < -0.39 is 0 Å². The highest BCUT2D eigenvalue weighted by Gasteiger charge is 2.16. The lowest BCUT2D eigenvalue weighted by molar-refractivity contribution is 0.368. The zero-order chi connectivity index (χ0) is 13.5. The number of ether oxygens (including phenoxy) is 1. The van der Waals surface area contributed by atoms with Gasteiger partial charge in [-0.2, -0.15) is 5.26 Å². The van der Waals surface area contributed by atoms with Gasteiger partial charge in [0.05, 0.1) is 0 Å². The molecular weight excluding hydrogens is 238 g/mol. The molecule has 4 heteroatoms.